The lowest BCUT2D eigenvalue weighted by Crippen LogP contribution is -2.26. The molecule has 0 fully saturated rings. The normalized spacial score (nSPS) is 15.7. The number of nitrogens with zero attached hydrogens (tertiary/aromatic N) is 3. The molecule has 1 atom stereocenters. The Bertz CT molecular complexity index is 1030. The summed E-state index contributed by atoms with van der Waals surface area (Å²) in [6.07, 6.45) is 2.50. The Morgan fingerprint density at radius 2 is 2.07 bits per heavy atom. The molecule has 8 heteroatoms. The van der Waals surface area contributed by atoms with E-state index in [1.807, 2.05) is 13.8 Å². The molecule has 1 aromatic heterocycles. The van der Waals surface area contributed by atoms with Gasteiger partial charge in [-0.1, -0.05) is 6.07 Å². The van der Waals surface area contributed by atoms with E-state index in [2.05, 4.69) is 20.3 Å². The highest BCUT2D eigenvalue weighted by Crippen LogP contribution is 2.40. The van der Waals surface area contributed by atoms with E-state index >= 15 is 0 Å². The predicted octanol–water partition coefficient (Wildman–Crippen LogP) is 3.65. The van der Waals surface area contributed by atoms with Gasteiger partial charge in [0.15, 0.2) is 16.6 Å². The molecule has 2 N–H and O–H groups in total. The Kier molecular flexibility index (Phi) is 6.49. The third-order valence-electron chi connectivity index (χ3n) is 5.16. The van der Waals surface area contributed by atoms with Gasteiger partial charge >= 0.3 is 0 Å². The molecule has 3 rings (SSSR count). The van der Waals surface area contributed by atoms with E-state index in [0.717, 1.165) is 16.7 Å². The highest BCUT2D eigenvalue weighted by molar-refractivity contribution is 6.24. The van der Waals surface area contributed by atoms with Crippen molar-refractivity contribution in [3.8, 4) is 0 Å². The summed E-state index contributed by atoms with van der Waals surface area (Å²) in [6.45, 7) is 4.22. The van der Waals surface area contributed by atoms with Crippen LogP contribution in [0.25, 0.3) is 5.57 Å². The van der Waals surface area contributed by atoms with E-state index in [4.69, 9.17) is 10.3 Å². The maximum Gasteiger partial charge on any atom is 0.269 e. The van der Waals surface area contributed by atoms with Crippen molar-refractivity contribution in [3.63, 3.8) is 0 Å². The van der Waals surface area contributed by atoms with Gasteiger partial charge in [-0.25, -0.2) is 0 Å². The highest BCUT2D eigenvalue weighted by atomic mass is 16.5. The summed E-state index contributed by atoms with van der Waals surface area (Å²) in [5.41, 5.74) is 11.0. The second-order valence-corrected chi connectivity index (χ2v) is 7.18. The molecule has 30 heavy (non-hydrogen) atoms. The molecular formula is C22H24N5O3+. The Hall–Kier alpha value is -3.64. The van der Waals surface area contributed by atoms with Crippen molar-refractivity contribution in [2.24, 2.45) is 11.0 Å². The average molecular weight is 406 g/mol. The summed E-state index contributed by atoms with van der Waals surface area (Å²) >= 11 is 0. The number of Topliss-reactive ketones (excluding diaryl/α,β-unsaturated/α-hetero) is 1. The number of carbonyl (C=O) groups is 2. The number of hydrogen-bond donors (Lipinski definition) is 2. The first kappa shape index (κ1) is 21.1. The van der Waals surface area contributed by atoms with Gasteiger partial charge in [-0.2, -0.15) is 0 Å². The van der Waals surface area contributed by atoms with E-state index in [0.29, 0.717) is 42.1 Å². The number of hydrogen-bond acceptors (Lipinski definition) is 6. The van der Waals surface area contributed by atoms with Crippen LogP contribution in [0.2, 0.25) is 0 Å². The number of methoxy groups -OCH3 is 1. The molecule has 2 aromatic rings. The molecule has 1 aliphatic rings. The lowest BCUT2D eigenvalue weighted by molar-refractivity contribution is -0.113. The van der Waals surface area contributed by atoms with Gasteiger partial charge in [-0.15, -0.1) is 0 Å². The molecule has 1 unspecified atom stereocenters. The van der Waals surface area contributed by atoms with Crippen LogP contribution in [0, 0.1) is 25.3 Å². The second-order valence-electron chi connectivity index (χ2n) is 7.18. The molecule has 1 aromatic carbocycles. The molecule has 0 spiro atoms. The second kappa shape index (κ2) is 9.24. The van der Waals surface area contributed by atoms with Gasteiger partial charge in [0.05, 0.1) is 12.7 Å². The molecule has 0 saturated carbocycles. The lowest BCUT2D eigenvalue weighted by atomic mass is 9.93. The van der Waals surface area contributed by atoms with Crippen LogP contribution in [0.4, 0.5) is 5.69 Å². The fraction of sp³-hybridized carbons (Fsp3) is 0.318. The molecule has 1 aliphatic carbocycles. The van der Waals surface area contributed by atoms with Crippen LogP contribution in [0.1, 0.15) is 40.0 Å². The standard InChI is InChI=1S/C22H23N5O3/c1-13-10-16(26-27-23)11-14(2)19(13)20-18(28)12-15(21(20)30-3)7-9-25-22(29)17-6-4-5-8-24-17/h4-6,8,10-11,15,23H,7,9,12H2,1-3H3/p+1. The van der Waals surface area contributed by atoms with Crippen molar-refractivity contribution in [1.29, 1.82) is 5.53 Å². The van der Waals surface area contributed by atoms with E-state index in [1.54, 1.807) is 43.6 Å². The maximum absolute atomic E-state index is 12.9. The predicted molar refractivity (Wildman–Crippen MR) is 111 cm³/mol. The number of ketones is 1. The van der Waals surface area contributed by atoms with E-state index < -0.39 is 0 Å². The summed E-state index contributed by atoms with van der Waals surface area (Å²) in [5.74, 6) is 0.323. The third kappa shape index (κ3) is 4.34. The minimum atomic E-state index is -0.242. The SMILES string of the molecule is COC1=C(c2c(C)cc(N=[N+]=N)cc2C)C(=O)CC1CCNC(=O)c1ccccn1. The van der Waals surface area contributed by atoms with Crippen LogP contribution in [-0.2, 0) is 9.53 Å². The molecule has 1 heterocycles. The average Bonchev–Trinajstić information content (AvgIpc) is 3.03. The quantitative estimate of drug-likeness (QED) is 0.539. The van der Waals surface area contributed by atoms with Crippen molar-refractivity contribution in [1.82, 2.24) is 15.2 Å². The van der Waals surface area contributed by atoms with Crippen molar-refractivity contribution in [2.45, 2.75) is 26.7 Å². The first-order chi connectivity index (χ1) is 14.5. The number of aromatic nitrogens is 1. The van der Waals surface area contributed by atoms with Gasteiger partial charge in [0, 0.05) is 25.1 Å². The zero-order valence-corrected chi connectivity index (χ0v) is 17.2. The van der Waals surface area contributed by atoms with Gasteiger partial charge in [0.1, 0.15) is 17.0 Å². The number of rotatable bonds is 7. The van der Waals surface area contributed by atoms with Gasteiger partial charge < -0.3 is 10.1 Å². The third-order valence-corrected chi connectivity index (χ3v) is 5.16. The molecule has 0 aliphatic heterocycles. The maximum atomic E-state index is 12.9. The van der Waals surface area contributed by atoms with Gasteiger partial charge in [-0.3, -0.25) is 14.6 Å². The van der Waals surface area contributed by atoms with Crippen LogP contribution < -0.4 is 10.2 Å². The molecule has 0 radical (unpaired) electrons. The van der Waals surface area contributed by atoms with Crippen molar-refractivity contribution in [2.75, 3.05) is 13.7 Å². The van der Waals surface area contributed by atoms with Crippen LogP contribution in [0.5, 0.6) is 0 Å². The van der Waals surface area contributed by atoms with Crippen LogP contribution in [-0.4, -0.2) is 30.3 Å². The topological polar surface area (TPSA) is 119 Å². The summed E-state index contributed by atoms with van der Waals surface area (Å²) in [4.78, 5) is 32.2. The van der Waals surface area contributed by atoms with Crippen LogP contribution in [0.3, 0.4) is 0 Å². The number of benzene rings is 1. The van der Waals surface area contributed by atoms with E-state index in [9.17, 15) is 9.59 Å². The van der Waals surface area contributed by atoms with Crippen LogP contribution >= 0.6 is 0 Å². The number of carbonyl (C=O) groups excluding carboxylic acids is 2. The zero-order chi connectivity index (χ0) is 21.7. The summed E-state index contributed by atoms with van der Waals surface area (Å²) in [7, 11) is 1.57. The number of ether oxygens (including phenoxy) is 1. The Labute approximate surface area is 174 Å². The number of amides is 1. The minimum absolute atomic E-state index is 0.0222. The lowest BCUT2D eigenvalue weighted by Gasteiger charge is -2.16. The zero-order valence-electron chi connectivity index (χ0n) is 17.2. The van der Waals surface area contributed by atoms with E-state index in [-0.39, 0.29) is 17.6 Å². The fourth-order valence-corrected chi connectivity index (χ4v) is 3.92. The smallest absolute Gasteiger partial charge is 0.269 e. The van der Waals surface area contributed by atoms with Crippen molar-refractivity contribution in [3.05, 3.63) is 64.7 Å². The number of nitrogens with one attached hydrogen (secondary N) is 2. The molecule has 1 amide bonds. The highest BCUT2D eigenvalue weighted by Gasteiger charge is 2.35. The monoisotopic (exact) mass is 406 g/mol. The minimum Gasteiger partial charge on any atom is -0.500 e. The Balaban J connectivity index is 1.80. The first-order valence-electron chi connectivity index (χ1n) is 9.66. The summed E-state index contributed by atoms with van der Waals surface area (Å²) in [6, 6.07) is 8.77. The van der Waals surface area contributed by atoms with Crippen molar-refractivity contribution < 1.29 is 14.3 Å². The molecule has 154 valence electrons. The molecule has 0 saturated heterocycles. The van der Waals surface area contributed by atoms with Crippen LogP contribution in [0.15, 0.2) is 47.4 Å². The van der Waals surface area contributed by atoms with E-state index in [1.165, 1.54) is 0 Å². The Morgan fingerprint density at radius 1 is 1.33 bits per heavy atom. The summed E-state index contributed by atoms with van der Waals surface area (Å²) in [5, 5.41) is 6.62. The largest absolute Gasteiger partial charge is 0.500 e. The molecule has 0 bridgehead atoms. The van der Waals surface area contributed by atoms with Gasteiger partial charge in [0.25, 0.3) is 5.91 Å². The number of aryl methyl sites for hydroxylation is 2. The Morgan fingerprint density at radius 3 is 2.67 bits per heavy atom. The van der Waals surface area contributed by atoms with Gasteiger partial charge in [0.2, 0.25) is 4.91 Å². The number of pyridine rings is 1. The van der Waals surface area contributed by atoms with Crippen molar-refractivity contribution >= 4 is 23.0 Å². The molecular weight excluding hydrogens is 382 g/mol. The summed E-state index contributed by atoms with van der Waals surface area (Å²) < 4.78 is 5.65. The van der Waals surface area contributed by atoms with Gasteiger partial charge in [-0.05, 0) is 61.2 Å². The number of allylic oxidation sites excluding steroid dienone is 2. The fourth-order valence-electron chi connectivity index (χ4n) is 3.92. The first-order valence-corrected chi connectivity index (χ1v) is 9.66. The molecule has 8 nitrogen and oxygen atoms in total.